The Morgan fingerprint density at radius 3 is 2.55 bits per heavy atom. The van der Waals surface area contributed by atoms with E-state index in [4.69, 9.17) is 8.83 Å². The van der Waals surface area contributed by atoms with E-state index < -0.39 is 0 Å². The van der Waals surface area contributed by atoms with Gasteiger partial charge in [-0.05, 0) is 29.7 Å². The van der Waals surface area contributed by atoms with Crippen LogP contribution in [0.25, 0.3) is 17.2 Å². The smallest absolute Gasteiger partial charge is 0.266 e. The molecule has 2 aromatic heterocycles. The monoisotopic (exact) mass is 443 g/mol. The molecule has 3 aromatic rings. The first-order valence-electron chi connectivity index (χ1n) is 11.2. The maximum atomic E-state index is 12.9. The van der Waals surface area contributed by atoms with Gasteiger partial charge in [0.25, 0.3) is 5.89 Å². The Labute approximate surface area is 192 Å². The van der Waals surface area contributed by atoms with Crippen molar-refractivity contribution in [2.24, 2.45) is 0 Å². The highest BCUT2D eigenvalue weighted by Crippen LogP contribution is 2.29. The first-order chi connectivity index (χ1) is 16.2. The molecule has 1 fully saturated rings. The summed E-state index contributed by atoms with van der Waals surface area (Å²) in [7, 11) is 0. The molecule has 2 aliphatic rings. The van der Waals surface area contributed by atoms with Crippen LogP contribution in [0, 0.1) is 11.3 Å². The van der Waals surface area contributed by atoms with Gasteiger partial charge in [-0.15, -0.1) is 0 Å². The minimum Gasteiger partial charge on any atom is -0.459 e. The van der Waals surface area contributed by atoms with Gasteiger partial charge in [-0.2, -0.15) is 10.2 Å². The van der Waals surface area contributed by atoms with Crippen LogP contribution in [-0.4, -0.2) is 66.5 Å². The topological polar surface area (TPSA) is 89.7 Å². The van der Waals surface area contributed by atoms with Crippen molar-refractivity contribution in [2.45, 2.75) is 6.42 Å². The minimum atomic E-state index is 0.157. The van der Waals surface area contributed by atoms with E-state index in [2.05, 4.69) is 34.2 Å². The van der Waals surface area contributed by atoms with Crippen molar-refractivity contribution in [3.8, 4) is 17.7 Å². The van der Waals surface area contributed by atoms with Crippen LogP contribution in [0.1, 0.15) is 17.7 Å². The number of oxazole rings is 1. The van der Waals surface area contributed by atoms with Crippen LogP contribution < -0.4 is 4.90 Å². The number of carbonyl (C=O) groups excluding carboxylic acids is 1. The number of furan rings is 1. The molecule has 0 spiro atoms. The summed E-state index contributed by atoms with van der Waals surface area (Å²) in [5.41, 5.74) is 2.79. The lowest BCUT2D eigenvalue weighted by Crippen LogP contribution is -2.50. The molecule has 1 saturated heterocycles. The molecule has 0 atom stereocenters. The lowest BCUT2D eigenvalue weighted by atomic mass is 9.99. The molecule has 0 unspecified atom stereocenters. The van der Waals surface area contributed by atoms with Crippen molar-refractivity contribution in [1.29, 1.82) is 5.26 Å². The zero-order chi connectivity index (χ0) is 22.6. The molecule has 0 bridgehead atoms. The van der Waals surface area contributed by atoms with Crippen LogP contribution in [0.2, 0.25) is 0 Å². The molecule has 0 N–H and O–H groups in total. The second-order valence-electron chi connectivity index (χ2n) is 8.21. The number of nitriles is 1. The molecule has 8 heteroatoms. The van der Waals surface area contributed by atoms with Crippen molar-refractivity contribution in [1.82, 2.24) is 14.8 Å². The summed E-state index contributed by atoms with van der Waals surface area (Å²) in [6, 6.07) is 16.0. The Bertz CT molecular complexity index is 1170. The summed E-state index contributed by atoms with van der Waals surface area (Å²) in [6.45, 7) is 4.56. The van der Waals surface area contributed by atoms with Gasteiger partial charge in [0.15, 0.2) is 5.76 Å². The number of piperazine rings is 1. The molecule has 168 valence electrons. The molecule has 1 aromatic carbocycles. The highest BCUT2D eigenvalue weighted by atomic mass is 16.4. The number of anilines is 1. The Kier molecular flexibility index (Phi) is 5.96. The molecule has 0 radical (unpaired) electrons. The third-order valence-electron chi connectivity index (χ3n) is 6.17. The second kappa shape index (κ2) is 9.35. The van der Waals surface area contributed by atoms with Gasteiger partial charge < -0.3 is 18.6 Å². The van der Waals surface area contributed by atoms with Gasteiger partial charge in [0, 0.05) is 39.3 Å². The van der Waals surface area contributed by atoms with Gasteiger partial charge in [-0.1, -0.05) is 36.4 Å². The third kappa shape index (κ3) is 4.54. The van der Waals surface area contributed by atoms with Gasteiger partial charge in [-0.3, -0.25) is 9.69 Å². The number of hydrogen-bond donors (Lipinski definition) is 0. The molecule has 0 saturated carbocycles. The number of amides is 1. The van der Waals surface area contributed by atoms with E-state index in [9.17, 15) is 10.1 Å². The summed E-state index contributed by atoms with van der Waals surface area (Å²) in [4.78, 5) is 23.2. The highest BCUT2D eigenvalue weighted by Gasteiger charge is 2.27. The van der Waals surface area contributed by atoms with E-state index in [1.165, 1.54) is 11.1 Å². The number of rotatable bonds is 5. The average molecular weight is 444 g/mol. The SMILES string of the molecule is N#Cc1nc(-c2ccco2)oc1N1CCN(CC(=O)N2CC=C(c3ccccc3)CC2)CC1. The zero-order valence-corrected chi connectivity index (χ0v) is 18.3. The summed E-state index contributed by atoms with van der Waals surface area (Å²) in [5, 5.41) is 9.47. The van der Waals surface area contributed by atoms with Gasteiger partial charge in [0.1, 0.15) is 6.07 Å². The van der Waals surface area contributed by atoms with Gasteiger partial charge >= 0.3 is 0 Å². The molecule has 33 heavy (non-hydrogen) atoms. The standard InChI is InChI=1S/C25H25N5O3/c26-17-21-25(33-24(27-21)22-7-4-16-32-22)30-14-12-28(13-15-30)18-23(31)29-10-8-20(9-11-29)19-5-2-1-3-6-19/h1-8,16H,9-15,18H2. The maximum Gasteiger partial charge on any atom is 0.266 e. The Balaban J connectivity index is 1.15. The molecule has 2 aliphatic heterocycles. The molecule has 1 amide bonds. The van der Waals surface area contributed by atoms with Crippen molar-refractivity contribution in [3.63, 3.8) is 0 Å². The van der Waals surface area contributed by atoms with Crippen LogP contribution in [-0.2, 0) is 4.79 Å². The van der Waals surface area contributed by atoms with E-state index in [1.807, 2.05) is 28.0 Å². The van der Waals surface area contributed by atoms with Crippen LogP contribution in [0.15, 0.2) is 63.6 Å². The lowest BCUT2D eigenvalue weighted by molar-refractivity contribution is -0.132. The van der Waals surface area contributed by atoms with E-state index in [0.717, 1.165) is 13.0 Å². The predicted molar refractivity (Wildman–Crippen MR) is 123 cm³/mol. The normalized spacial score (nSPS) is 17.0. The third-order valence-corrected chi connectivity index (χ3v) is 6.17. The van der Waals surface area contributed by atoms with Crippen LogP contribution in [0.5, 0.6) is 0 Å². The first-order valence-corrected chi connectivity index (χ1v) is 11.2. The predicted octanol–water partition coefficient (Wildman–Crippen LogP) is 3.24. The van der Waals surface area contributed by atoms with E-state index in [1.54, 1.807) is 18.4 Å². The average Bonchev–Trinajstić information content (AvgIpc) is 3.55. The Morgan fingerprint density at radius 2 is 1.88 bits per heavy atom. The fourth-order valence-electron chi connectivity index (χ4n) is 4.32. The number of benzene rings is 1. The Hall–Kier alpha value is -3.83. The Morgan fingerprint density at radius 1 is 1.06 bits per heavy atom. The van der Waals surface area contributed by atoms with E-state index in [-0.39, 0.29) is 11.6 Å². The van der Waals surface area contributed by atoms with Crippen molar-refractivity contribution in [2.75, 3.05) is 50.7 Å². The van der Waals surface area contributed by atoms with E-state index >= 15 is 0 Å². The number of carbonyl (C=O) groups is 1. The van der Waals surface area contributed by atoms with E-state index in [0.29, 0.717) is 56.8 Å². The molecule has 5 rings (SSSR count). The fourth-order valence-corrected chi connectivity index (χ4v) is 4.32. The molecule has 8 nitrogen and oxygen atoms in total. The molecular weight excluding hydrogens is 418 g/mol. The number of hydrogen-bond acceptors (Lipinski definition) is 7. The molecule has 0 aliphatic carbocycles. The first kappa shape index (κ1) is 21.0. The summed E-state index contributed by atoms with van der Waals surface area (Å²) in [5.74, 6) is 1.42. The highest BCUT2D eigenvalue weighted by molar-refractivity contribution is 5.80. The zero-order valence-electron chi connectivity index (χ0n) is 18.3. The van der Waals surface area contributed by atoms with Crippen molar-refractivity contribution >= 4 is 17.4 Å². The quantitative estimate of drug-likeness (QED) is 0.598. The van der Waals surface area contributed by atoms with Gasteiger partial charge in [0.2, 0.25) is 17.5 Å². The van der Waals surface area contributed by atoms with Crippen LogP contribution >= 0.6 is 0 Å². The van der Waals surface area contributed by atoms with Gasteiger partial charge in [-0.25, -0.2) is 0 Å². The lowest BCUT2D eigenvalue weighted by Gasteiger charge is -2.35. The van der Waals surface area contributed by atoms with Crippen LogP contribution in [0.4, 0.5) is 5.88 Å². The van der Waals surface area contributed by atoms with Gasteiger partial charge in [0.05, 0.1) is 12.8 Å². The summed E-state index contributed by atoms with van der Waals surface area (Å²) >= 11 is 0. The molecule has 4 heterocycles. The molecular formula is C25H25N5O3. The fraction of sp³-hybridized carbons (Fsp3) is 0.320. The summed E-state index contributed by atoms with van der Waals surface area (Å²) in [6.07, 6.45) is 4.59. The van der Waals surface area contributed by atoms with Crippen molar-refractivity contribution in [3.05, 3.63) is 66.1 Å². The minimum absolute atomic E-state index is 0.157. The largest absolute Gasteiger partial charge is 0.459 e. The number of aromatic nitrogens is 1. The number of nitrogens with zero attached hydrogens (tertiary/aromatic N) is 5. The summed E-state index contributed by atoms with van der Waals surface area (Å²) < 4.78 is 11.2. The van der Waals surface area contributed by atoms with Crippen molar-refractivity contribution < 1.29 is 13.6 Å². The van der Waals surface area contributed by atoms with Crippen LogP contribution in [0.3, 0.4) is 0 Å². The second-order valence-corrected chi connectivity index (χ2v) is 8.21. The maximum absolute atomic E-state index is 12.9.